The molecule has 0 atom stereocenters. The summed E-state index contributed by atoms with van der Waals surface area (Å²) in [7, 11) is 0. The lowest BCUT2D eigenvalue weighted by molar-refractivity contribution is 0.485. The van der Waals surface area contributed by atoms with Crippen LogP contribution in [0.25, 0.3) is 0 Å². The molecule has 0 aliphatic carbocycles. The number of nitrogens with zero attached hydrogens (tertiary/aromatic N) is 2. The molecule has 0 radical (unpaired) electrons. The number of fused-ring (bicyclic) bond motifs is 1. The van der Waals surface area contributed by atoms with E-state index in [0.717, 1.165) is 18.5 Å². The molecule has 0 unspecified atom stereocenters. The third kappa shape index (κ3) is 1.56. The van der Waals surface area contributed by atoms with Gasteiger partial charge in [-0.15, -0.1) is 0 Å². The van der Waals surface area contributed by atoms with E-state index in [-0.39, 0.29) is 5.84 Å². The second kappa shape index (κ2) is 3.20. The van der Waals surface area contributed by atoms with E-state index in [1.807, 2.05) is 10.9 Å². The lowest BCUT2D eigenvalue weighted by Crippen LogP contribution is -2.16. The molecule has 2 rings (SSSR count). The molecule has 4 heteroatoms. The van der Waals surface area contributed by atoms with Crippen molar-refractivity contribution >= 4 is 5.84 Å². The highest BCUT2D eigenvalue weighted by atomic mass is 15.3. The van der Waals surface area contributed by atoms with E-state index < -0.39 is 0 Å². The van der Waals surface area contributed by atoms with Crippen LogP contribution in [0.2, 0.25) is 0 Å². The second-order valence-electron chi connectivity index (χ2n) is 3.50. The zero-order chi connectivity index (χ0) is 9.26. The number of amidine groups is 1. The van der Waals surface area contributed by atoms with Gasteiger partial charge in [-0.3, -0.25) is 10.1 Å². The average molecular weight is 178 g/mol. The SMILES string of the molecule is N=C(N)Cc1cnn2c1CCCC2. The summed E-state index contributed by atoms with van der Waals surface area (Å²) in [6, 6.07) is 0. The van der Waals surface area contributed by atoms with Crippen molar-refractivity contribution in [2.75, 3.05) is 0 Å². The standard InChI is InChI=1S/C9H14N4/c10-9(11)5-7-6-12-13-4-2-1-3-8(7)13/h6H,1-5H2,(H3,10,11). The van der Waals surface area contributed by atoms with Crippen LogP contribution in [0.15, 0.2) is 6.20 Å². The number of nitrogens with one attached hydrogen (secondary N) is 1. The molecule has 0 aromatic carbocycles. The molecule has 1 aromatic heterocycles. The van der Waals surface area contributed by atoms with Gasteiger partial charge in [-0.2, -0.15) is 5.10 Å². The molecule has 1 aliphatic rings. The molecule has 0 fully saturated rings. The van der Waals surface area contributed by atoms with E-state index in [4.69, 9.17) is 11.1 Å². The number of aromatic nitrogens is 2. The Balaban J connectivity index is 2.26. The number of aryl methyl sites for hydroxylation is 1. The van der Waals surface area contributed by atoms with Crippen LogP contribution in [0.4, 0.5) is 0 Å². The maximum Gasteiger partial charge on any atom is 0.0951 e. The van der Waals surface area contributed by atoms with Crippen LogP contribution in [0.5, 0.6) is 0 Å². The molecule has 0 bridgehead atoms. The quantitative estimate of drug-likeness (QED) is 0.517. The Kier molecular flexibility index (Phi) is 2.04. The summed E-state index contributed by atoms with van der Waals surface area (Å²) in [5.41, 5.74) is 7.77. The van der Waals surface area contributed by atoms with Gasteiger partial charge in [-0.05, 0) is 19.3 Å². The number of hydrogen-bond acceptors (Lipinski definition) is 2. The maximum absolute atomic E-state index is 7.23. The molecule has 2 heterocycles. The van der Waals surface area contributed by atoms with Gasteiger partial charge in [0.2, 0.25) is 0 Å². The molecular formula is C9H14N4. The highest BCUT2D eigenvalue weighted by Crippen LogP contribution is 2.18. The molecule has 0 saturated heterocycles. The Morgan fingerprint density at radius 1 is 1.62 bits per heavy atom. The van der Waals surface area contributed by atoms with E-state index in [9.17, 15) is 0 Å². The van der Waals surface area contributed by atoms with Gasteiger partial charge in [0.05, 0.1) is 12.0 Å². The van der Waals surface area contributed by atoms with Crippen molar-refractivity contribution in [3.05, 3.63) is 17.5 Å². The second-order valence-corrected chi connectivity index (χ2v) is 3.50. The van der Waals surface area contributed by atoms with Crippen LogP contribution in [-0.2, 0) is 19.4 Å². The Morgan fingerprint density at radius 2 is 2.46 bits per heavy atom. The highest BCUT2D eigenvalue weighted by Gasteiger charge is 2.14. The van der Waals surface area contributed by atoms with Crippen molar-refractivity contribution in [3.8, 4) is 0 Å². The van der Waals surface area contributed by atoms with Gasteiger partial charge >= 0.3 is 0 Å². The van der Waals surface area contributed by atoms with Crippen LogP contribution in [0.3, 0.4) is 0 Å². The zero-order valence-corrected chi connectivity index (χ0v) is 7.58. The third-order valence-corrected chi connectivity index (χ3v) is 2.45. The molecule has 0 spiro atoms. The van der Waals surface area contributed by atoms with Crippen LogP contribution < -0.4 is 5.73 Å². The number of rotatable bonds is 2. The number of hydrogen-bond donors (Lipinski definition) is 2. The Labute approximate surface area is 77.2 Å². The van der Waals surface area contributed by atoms with Crippen molar-refractivity contribution in [1.29, 1.82) is 5.41 Å². The summed E-state index contributed by atoms with van der Waals surface area (Å²) in [6.07, 6.45) is 5.94. The van der Waals surface area contributed by atoms with Gasteiger partial charge < -0.3 is 5.73 Å². The van der Waals surface area contributed by atoms with Crippen molar-refractivity contribution in [2.24, 2.45) is 5.73 Å². The Bertz CT molecular complexity index is 326. The molecule has 1 aromatic rings. The molecule has 0 saturated carbocycles. The fourth-order valence-electron chi connectivity index (χ4n) is 1.84. The van der Waals surface area contributed by atoms with Crippen molar-refractivity contribution in [2.45, 2.75) is 32.2 Å². The molecule has 1 aliphatic heterocycles. The normalized spacial score (nSPS) is 15.4. The summed E-state index contributed by atoms with van der Waals surface area (Å²) in [4.78, 5) is 0. The van der Waals surface area contributed by atoms with E-state index in [1.165, 1.54) is 18.5 Å². The van der Waals surface area contributed by atoms with E-state index >= 15 is 0 Å². The third-order valence-electron chi connectivity index (χ3n) is 2.45. The predicted molar refractivity (Wildman–Crippen MR) is 50.8 cm³/mol. The minimum absolute atomic E-state index is 0.223. The first kappa shape index (κ1) is 8.29. The van der Waals surface area contributed by atoms with E-state index in [0.29, 0.717) is 6.42 Å². The fraction of sp³-hybridized carbons (Fsp3) is 0.556. The summed E-state index contributed by atoms with van der Waals surface area (Å²) in [6.45, 7) is 1.02. The molecular weight excluding hydrogens is 164 g/mol. The zero-order valence-electron chi connectivity index (χ0n) is 7.58. The van der Waals surface area contributed by atoms with Gasteiger partial charge in [0.15, 0.2) is 0 Å². The monoisotopic (exact) mass is 178 g/mol. The van der Waals surface area contributed by atoms with Crippen LogP contribution in [0, 0.1) is 5.41 Å². The lowest BCUT2D eigenvalue weighted by atomic mass is 10.0. The highest BCUT2D eigenvalue weighted by molar-refractivity contribution is 5.79. The minimum atomic E-state index is 0.223. The van der Waals surface area contributed by atoms with Gasteiger partial charge in [0, 0.05) is 24.2 Å². The topological polar surface area (TPSA) is 67.7 Å². The van der Waals surface area contributed by atoms with Gasteiger partial charge in [0.25, 0.3) is 0 Å². The summed E-state index contributed by atoms with van der Waals surface area (Å²) >= 11 is 0. The predicted octanol–water partition coefficient (Wildman–Crippen LogP) is 0.698. The van der Waals surface area contributed by atoms with Gasteiger partial charge in [-0.25, -0.2) is 0 Å². The summed E-state index contributed by atoms with van der Waals surface area (Å²) < 4.78 is 2.04. The fourth-order valence-corrected chi connectivity index (χ4v) is 1.84. The smallest absolute Gasteiger partial charge is 0.0951 e. The first-order valence-corrected chi connectivity index (χ1v) is 4.64. The van der Waals surface area contributed by atoms with Gasteiger partial charge in [0.1, 0.15) is 0 Å². The van der Waals surface area contributed by atoms with Gasteiger partial charge in [-0.1, -0.05) is 0 Å². The summed E-state index contributed by atoms with van der Waals surface area (Å²) in [5, 5.41) is 11.5. The van der Waals surface area contributed by atoms with E-state index in [1.54, 1.807) is 0 Å². The molecule has 0 amide bonds. The largest absolute Gasteiger partial charge is 0.387 e. The molecule has 13 heavy (non-hydrogen) atoms. The Morgan fingerprint density at radius 3 is 3.23 bits per heavy atom. The number of nitrogens with two attached hydrogens (primary N) is 1. The van der Waals surface area contributed by atoms with Crippen molar-refractivity contribution < 1.29 is 0 Å². The molecule has 3 N–H and O–H groups in total. The summed E-state index contributed by atoms with van der Waals surface area (Å²) in [5.74, 6) is 0.223. The average Bonchev–Trinajstić information content (AvgIpc) is 2.48. The maximum atomic E-state index is 7.23. The van der Waals surface area contributed by atoms with Crippen LogP contribution >= 0.6 is 0 Å². The van der Waals surface area contributed by atoms with E-state index in [2.05, 4.69) is 5.10 Å². The van der Waals surface area contributed by atoms with Crippen LogP contribution in [-0.4, -0.2) is 15.6 Å². The molecule has 4 nitrogen and oxygen atoms in total. The van der Waals surface area contributed by atoms with Crippen molar-refractivity contribution in [3.63, 3.8) is 0 Å². The molecule has 70 valence electrons. The Hall–Kier alpha value is -1.32. The van der Waals surface area contributed by atoms with Crippen molar-refractivity contribution in [1.82, 2.24) is 9.78 Å². The first-order valence-electron chi connectivity index (χ1n) is 4.64. The minimum Gasteiger partial charge on any atom is -0.387 e. The first-order chi connectivity index (χ1) is 6.27. The van der Waals surface area contributed by atoms with Crippen LogP contribution in [0.1, 0.15) is 24.1 Å². The lowest BCUT2D eigenvalue weighted by Gasteiger charge is -2.14.